The number of ketones is 2. The van der Waals surface area contributed by atoms with Crippen LogP contribution in [0.2, 0.25) is 0 Å². The van der Waals surface area contributed by atoms with E-state index in [4.69, 9.17) is 0 Å². The van der Waals surface area contributed by atoms with E-state index in [0.717, 1.165) is 49.7 Å². The van der Waals surface area contributed by atoms with Gasteiger partial charge < -0.3 is 41.7 Å². The Morgan fingerprint density at radius 2 is 0.974 bits per heavy atom. The van der Waals surface area contributed by atoms with Crippen molar-refractivity contribution in [2.75, 3.05) is 27.2 Å². The maximum atomic E-state index is 14.7. The number of hydrogen-bond acceptors (Lipinski definition) is 11. The highest BCUT2D eigenvalue weighted by Gasteiger charge is 2.48. The molecule has 0 radical (unpaired) electrons. The van der Waals surface area contributed by atoms with Gasteiger partial charge in [-0.2, -0.15) is 0 Å². The van der Waals surface area contributed by atoms with E-state index < -0.39 is 70.7 Å². The first-order chi connectivity index (χ1) is 36.0. The van der Waals surface area contributed by atoms with E-state index in [9.17, 15) is 38.4 Å². The van der Waals surface area contributed by atoms with E-state index >= 15 is 0 Å². The molecule has 10 atom stereocenters. The van der Waals surface area contributed by atoms with Gasteiger partial charge in [-0.3, -0.25) is 43.3 Å². The summed E-state index contributed by atoms with van der Waals surface area (Å²) in [6.45, 7) is 14.7. The van der Waals surface area contributed by atoms with Crippen molar-refractivity contribution in [3.8, 4) is 0 Å². The first-order valence-electron chi connectivity index (χ1n) is 27.3. The molecule has 0 saturated carbocycles. The standard InChI is InChI=1S/C59H81N9O8/c1-34(60-9)52(71)65-50(58(3,4)5)56(75)67-32-36(25-46(67)54(73)63-44-23-15-19-38-17-11-13-21-42(38)44)27-48(69)40-29-41(31-62-30-40)49(70)28-37-26-47(55(74)64-45-24-16-20-39-18-12-14-22-43(39)45)68(33-37)57(76)51(59(6,7)8)66-53(72)35(2)61-10/h11-14,17-18,21-22,29-31,34-37,44-47,50-51,60-61H,15-16,19-20,23-28,32-33H2,1-10H3,(H,63,73)(H,64,74)(H,65,71)(H,66,72)/t34-,35-,36+,37+,44+,45+,46-,47-,50+,51+/m0/s1. The van der Waals surface area contributed by atoms with Gasteiger partial charge in [0.1, 0.15) is 24.2 Å². The van der Waals surface area contributed by atoms with E-state index in [1.807, 2.05) is 77.9 Å². The second-order valence-corrected chi connectivity index (χ2v) is 23.9. The third-order valence-corrected chi connectivity index (χ3v) is 16.1. The minimum atomic E-state index is -0.972. The van der Waals surface area contributed by atoms with Crippen LogP contribution >= 0.6 is 0 Å². The van der Waals surface area contributed by atoms with Crippen molar-refractivity contribution >= 4 is 47.0 Å². The largest absolute Gasteiger partial charge is 0.347 e. The number of aromatic nitrogens is 1. The zero-order valence-electron chi connectivity index (χ0n) is 46.2. The highest BCUT2D eigenvalue weighted by atomic mass is 16.2. The van der Waals surface area contributed by atoms with Gasteiger partial charge in [-0.15, -0.1) is 0 Å². The Hall–Kier alpha value is -6.33. The molecule has 2 saturated heterocycles. The maximum Gasteiger partial charge on any atom is 0.246 e. The van der Waals surface area contributed by atoms with Crippen LogP contribution in [0.4, 0.5) is 0 Å². The summed E-state index contributed by atoms with van der Waals surface area (Å²) in [5, 5.41) is 18.2. The number of rotatable bonds is 18. The van der Waals surface area contributed by atoms with Crippen molar-refractivity contribution in [2.24, 2.45) is 22.7 Å². The number of amides is 6. The van der Waals surface area contributed by atoms with Crippen molar-refractivity contribution in [2.45, 2.75) is 168 Å². The molecule has 2 aliphatic carbocycles. The predicted molar refractivity (Wildman–Crippen MR) is 290 cm³/mol. The van der Waals surface area contributed by atoms with Crippen molar-refractivity contribution < 1.29 is 38.4 Å². The number of nitrogens with one attached hydrogen (secondary N) is 6. The fourth-order valence-electron chi connectivity index (χ4n) is 11.4. The molecule has 7 rings (SSSR count). The lowest BCUT2D eigenvalue weighted by Gasteiger charge is -2.36. The van der Waals surface area contributed by atoms with Crippen LogP contribution in [0.1, 0.15) is 162 Å². The Morgan fingerprint density at radius 3 is 1.34 bits per heavy atom. The smallest absolute Gasteiger partial charge is 0.246 e. The van der Waals surface area contributed by atoms with Gasteiger partial charge in [0.05, 0.1) is 24.2 Å². The van der Waals surface area contributed by atoms with Gasteiger partial charge in [0.15, 0.2) is 11.6 Å². The van der Waals surface area contributed by atoms with Crippen LogP contribution in [-0.2, 0) is 41.6 Å². The molecule has 3 heterocycles. The van der Waals surface area contributed by atoms with Gasteiger partial charge in [0.25, 0.3) is 0 Å². The number of fused-ring (bicyclic) bond motifs is 2. The lowest BCUT2D eigenvalue weighted by Crippen LogP contribution is -2.59. The van der Waals surface area contributed by atoms with E-state index in [0.29, 0.717) is 0 Å². The Labute approximate surface area is 448 Å². The average Bonchev–Trinajstić information content (AvgIpc) is 4.03. The molecule has 3 aromatic rings. The molecule has 2 aromatic carbocycles. The van der Waals surface area contributed by atoms with E-state index in [1.54, 1.807) is 27.9 Å². The minimum absolute atomic E-state index is 0.0387. The normalized spacial score (nSPS) is 23.0. The molecule has 1 aromatic heterocycles. The molecular weight excluding hydrogens is 963 g/mol. The molecule has 4 aliphatic rings. The highest BCUT2D eigenvalue weighted by molar-refractivity contribution is 6.02. The van der Waals surface area contributed by atoms with Crippen molar-refractivity contribution in [3.63, 3.8) is 0 Å². The second-order valence-electron chi connectivity index (χ2n) is 23.9. The summed E-state index contributed by atoms with van der Waals surface area (Å²) in [7, 11) is 3.32. The number of carbonyl (C=O) groups excluding carboxylic acids is 8. The number of benzene rings is 2. The number of likely N-dealkylation sites (N-methyl/N-ethyl adjacent to an activating group) is 2. The number of aryl methyl sites for hydroxylation is 2. The van der Waals surface area contributed by atoms with E-state index in [2.05, 4.69) is 49.0 Å². The molecule has 76 heavy (non-hydrogen) atoms. The van der Waals surface area contributed by atoms with Gasteiger partial charge in [-0.05, 0) is 130 Å². The zero-order chi connectivity index (χ0) is 55.2. The van der Waals surface area contributed by atoms with Gasteiger partial charge in [0, 0.05) is 49.5 Å². The Kier molecular flexibility index (Phi) is 18.4. The van der Waals surface area contributed by atoms with Crippen LogP contribution in [0.25, 0.3) is 0 Å². The van der Waals surface area contributed by atoms with Gasteiger partial charge in [-0.1, -0.05) is 90.1 Å². The molecule has 0 unspecified atom stereocenters. The average molecular weight is 1040 g/mol. The van der Waals surface area contributed by atoms with Crippen molar-refractivity contribution in [1.29, 1.82) is 0 Å². The van der Waals surface area contributed by atoms with Crippen molar-refractivity contribution in [3.05, 3.63) is 100 Å². The molecule has 17 heteroatoms. The molecule has 2 fully saturated rings. The molecule has 2 aliphatic heterocycles. The first-order valence-corrected chi connectivity index (χ1v) is 27.3. The third kappa shape index (κ3) is 13.4. The number of carbonyl (C=O) groups is 8. The maximum absolute atomic E-state index is 14.7. The molecule has 6 N–H and O–H groups in total. The molecule has 410 valence electrons. The van der Waals surface area contributed by atoms with Crippen LogP contribution in [-0.4, -0.2) is 125 Å². The lowest BCUT2D eigenvalue weighted by atomic mass is 9.85. The molecule has 6 amide bonds. The van der Waals surface area contributed by atoms with Crippen LogP contribution in [0.3, 0.4) is 0 Å². The van der Waals surface area contributed by atoms with E-state index in [-0.39, 0.29) is 97.2 Å². The quantitative estimate of drug-likeness (QED) is 0.0894. The van der Waals surface area contributed by atoms with Crippen molar-refractivity contribution in [1.82, 2.24) is 46.7 Å². The third-order valence-electron chi connectivity index (χ3n) is 16.1. The first kappa shape index (κ1) is 57.4. The number of hydrogen-bond donors (Lipinski definition) is 6. The van der Waals surface area contributed by atoms with Crippen LogP contribution in [0, 0.1) is 22.7 Å². The monoisotopic (exact) mass is 1040 g/mol. The Morgan fingerprint density at radius 1 is 0.592 bits per heavy atom. The number of nitrogens with zero attached hydrogens (tertiary/aromatic N) is 3. The van der Waals surface area contributed by atoms with Crippen LogP contribution in [0.5, 0.6) is 0 Å². The predicted octanol–water partition coefficient (Wildman–Crippen LogP) is 5.33. The molecule has 0 bridgehead atoms. The Balaban J connectivity index is 1.09. The zero-order valence-corrected chi connectivity index (χ0v) is 46.2. The number of pyridine rings is 1. The Bertz CT molecular complexity index is 2480. The summed E-state index contributed by atoms with van der Waals surface area (Å²) in [5.74, 6) is -3.69. The van der Waals surface area contributed by atoms with Crippen LogP contribution < -0.4 is 31.9 Å². The van der Waals surface area contributed by atoms with Gasteiger partial charge >= 0.3 is 0 Å². The highest BCUT2D eigenvalue weighted by Crippen LogP contribution is 2.36. The fraction of sp³-hybridized carbons (Fsp3) is 0.576. The SMILES string of the molecule is CN[C@@H](C)C(=O)N[C@H](C(=O)N1C[C@@H](CC(=O)c2cncc(C(=O)C[C@H]3C[C@@H](C(=O)N[C@@H]4CCCc5ccccc54)N(C(=O)[C@@H](NC(=O)[C@H](C)NC)C(C)(C)C)C3)c2)C[C@H]1C(=O)N[C@@H]1CCCc2ccccc21)C(C)(C)C. The number of Topliss-reactive ketones (excluding diaryl/α,β-unsaturated/α-hetero) is 2. The molecule has 0 spiro atoms. The van der Waals surface area contributed by atoms with E-state index in [1.165, 1.54) is 39.4 Å². The molecular formula is C59H81N9O8. The van der Waals surface area contributed by atoms with Gasteiger partial charge in [-0.25, -0.2) is 0 Å². The van der Waals surface area contributed by atoms with Crippen LogP contribution in [0.15, 0.2) is 67.0 Å². The summed E-state index contributed by atoms with van der Waals surface area (Å²) < 4.78 is 0. The topological polar surface area (TPSA) is 228 Å². The lowest BCUT2D eigenvalue weighted by molar-refractivity contribution is -0.144. The summed E-state index contributed by atoms with van der Waals surface area (Å²) in [6, 6.07) is 12.2. The summed E-state index contributed by atoms with van der Waals surface area (Å²) >= 11 is 0. The fourth-order valence-corrected chi connectivity index (χ4v) is 11.4. The number of likely N-dealkylation sites (tertiary alicyclic amines) is 2. The second kappa shape index (κ2) is 24.3. The summed E-state index contributed by atoms with van der Waals surface area (Å²) in [4.78, 5) is 121. The molecule has 17 nitrogen and oxygen atoms in total. The minimum Gasteiger partial charge on any atom is -0.347 e. The summed E-state index contributed by atoms with van der Waals surface area (Å²) in [5.41, 5.74) is 3.38. The summed E-state index contributed by atoms with van der Waals surface area (Å²) in [6.07, 6.45) is 8.24. The van der Waals surface area contributed by atoms with Gasteiger partial charge in [0.2, 0.25) is 35.4 Å².